The van der Waals surface area contributed by atoms with Crippen LogP contribution in [-0.2, 0) is 4.74 Å². The number of rotatable bonds is 5. The molecule has 2 rings (SSSR count). The third-order valence-electron chi connectivity index (χ3n) is 3.56. The van der Waals surface area contributed by atoms with Crippen molar-refractivity contribution < 1.29 is 4.74 Å². The molecule has 2 heteroatoms. The first-order valence-electron chi connectivity index (χ1n) is 6.76. The van der Waals surface area contributed by atoms with E-state index < -0.39 is 0 Å². The van der Waals surface area contributed by atoms with Crippen LogP contribution in [0.15, 0.2) is 30.3 Å². The van der Waals surface area contributed by atoms with Crippen molar-refractivity contribution in [1.29, 1.82) is 0 Å². The maximum Gasteiger partial charge on any atom is 0.0468 e. The van der Waals surface area contributed by atoms with Crippen LogP contribution in [0, 0.1) is 5.92 Å². The molecule has 1 aliphatic heterocycles. The number of nitrogens with one attached hydrogen (secondary N) is 1. The van der Waals surface area contributed by atoms with E-state index in [1.807, 2.05) is 0 Å². The van der Waals surface area contributed by atoms with Crippen LogP contribution in [0.3, 0.4) is 0 Å². The fraction of sp³-hybridized carbons (Fsp3) is 0.600. The molecule has 0 spiro atoms. The van der Waals surface area contributed by atoms with Gasteiger partial charge in [0.15, 0.2) is 0 Å². The standard InChI is InChI=1S/C15H23NO/c1-2-16-15(14-6-4-3-5-7-14)12-13-8-10-17-11-9-13/h3-7,13,15-16H,2,8-12H2,1H3. The molecular weight excluding hydrogens is 210 g/mol. The molecule has 0 aromatic heterocycles. The third kappa shape index (κ3) is 3.83. The van der Waals surface area contributed by atoms with Gasteiger partial charge >= 0.3 is 0 Å². The van der Waals surface area contributed by atoms with Crippen LogP contribution < -0.4 is 5.32 Å². The molecule has 0 radical (unpaired) electrons. The van der Waals surface area contributed by atoms with Crippen LogP contribution in [0.1, 0.15) is 37.8 Å². The Kier molecular flexibility index (Phi) is 5.02. The molecule has 0 amide bonds. The molecule has 1 saturated heterocycles. The summed E-state index contributed by atoms with van der Waals surface area (Å²) < 4.78 is 5.43. The second-order valence-electron chi connectivity index (χ2n) is 4.81. The first-order chi connectivity index (χ1) is 8.40. The highest BCUT2D eigenvalue weighted by molar-refractivity contribution is 5.18. The SMILES string of the molecule is CCNC(CC1CCOCC1)c1ccccc1. The normalized spacial score (nSPS) is 19.1. The van der Waals surface area contributed by atoms with E-state index in [2.05, 4.69) is 42.6 Å². The maximum absolute atomic E-state index is 5.43. The van der Waals surface area contributed by atoms with Crippen LogP contribution >= 0.6 is 0 Å². The van der Waals surface area contributed by atoms with Gasteiger partial charge in [0, 0.05) is 19.3 Å². The van der Waals surface area contributed by atoms with Crippen LogP contribution in [0.2, 0.25) is 0 Å². The molecule has 1 aromatic carbocycles. The highest BCUT2D eigenvalue weighted by atomic mass is 16.5. The Morgan fingerprint density at radius 1 is 1.24 bits per heavy atom. The quantitative estimate of drug-likeness (QED) is 0.843. The minimum atomic E-state index is 0.504. The predicted octanol–water partition coefficient (Wildman–Crippen LogP) is 3.15. The van der Waals surface area contributed by atoms with Crippen molar-refractivity contribution in [3.8, 4) is 0 Å². The molecule has 1 heterocycles. The van der Waals surface area contributed by atoms with Crippen molar-refractivity contribution >= 4 is 0 Å². The molecule has 1 N–H and O–H groups in total. The average Bonchev–Trinajstić information content (AvgIpc) is 2.40. The van der Waals surface area contributed by atoms with E-state index in [1.165, 1.54) is 24.8 Å². The minimum Gasteiger partial charge on any atom is -0.381 e. The summed E-state index contributed by atoms with van der Waals surface area (Å²) in [4.78, 5) is 0. The van der Waals surface area contributed by atoms with Gasteiger partial charge in [-0.05, 0) is 37.3 Å². The fourth-order valence-electron chi connectivity index (χ4n) is 2.58. The first-order valence-corrected chi connectivity index (χ1v) is 6.76. The smallest absolute Gasteiger partial charge is 0.0468 e. The summed E-state index contributed by atoms with van der Waals surface area (Å²) in [5, 5.41) is 3.61. The van der Waals surface area contributed by atoms with Crippen molar-refractivity contribution in [3.63, 3.8) is 0 Å². The van der Waals surface area contributed by atoms with E-state index in [-0.39, 0.29) is 0 Å². The molecule has 0 bridgehead atoms. The summed E-state index contributed by atoms with van der Waals surface area (Å²) in [6, 6.07) is 11.3. The lowest BCUT2D eigenvalue weighted by molar-refractivity contribution is 0.0606. The fourth-order valence-corrected chi connectivity index (χ4v) is 2.58. The van der Waals surface area contributed by atoms with Crippen molar-refractivity contribution in [2.45, 2.75) is 32.2 Å². The number of ether oxygens (including phenoxy) is 1. The molecule has 1 fully saturated rings. The highest BCUT2D eigenvalue weighted by Crippen LogP contribution is 2.27. The summed E-state index contributed by atoms with van der Waals surface area (Å²) in [6.07, 6.45) is 3.67. The monoisotopic (exact) mass is 233 g/mol. The summed E-state index contributed by atoms with van der Waals surface area (Å²) in [5.74, 6) is 0.813. The van der Waals surface area contributed by atoms with Gasteiger partial charge in [-0.25, -0.2) is 0 Å². The number of hydrogen-bond donors (Lipinski definition) is 1. The summed E-state index contributed by atoms with van der Waals surface area (Å²) in [7, 11) is 0. The Balaban J connectivity index is 1.96. The maximum atomic E-state index is 5.43. The molecular formula is C15H23NO. The molecule has 1 atom stereocenters. The molecule has 1 aliphatic rings. The van der Waals surface area contributed by atoms with E-state index in [1.54, 1.807) is 0 Å². The predicted molar refractivity (Wildman–Crippen MR) is 71.0 cm³/mol. The molecule has 94 valence electrons. The Hall–Kier alpha value is -0.860. The minimum absolute atomic E-state index is 0.504. The third-order valence-corrected chi connectivity index (χ3v) is 3.56. The second-order valence-corrected chi connectivity index (χ2v) is 4.81. The second kappa shape index (κ2) is 6.77. The lowest BCUT2D eigenvalue weighted by Gasteiger charge is -2.27. The van der Waals surface area contributed by atoms with Crippen molar-refractivity contribution in [2.24, 2.45) is 5.92 Å². The van der Waals surface area contributed by atoms with Gasteiger partial charge in [-0.15, -0.1) is 0 Å². The molecule has 1 unspecified atom stereocenters. The van der Waals surface area contributed by atoms with Gasteiger partial charge in [-0.3, -0.25) is 0 Å². The van der Waals surface area contributed by atoms with Gasteiger partial charge in [0.1, 0.15) is 0 Å². The van der Waals surface area contributed by atoms with Crippen molar-refractivity contribution in [2.75, 3.05) is 19.8 Å². The van der Waals surface area contributed by atoms with Gasteiger partial charge in [-0.1, -0.05) is 37.3 Å². The molecule has 0 aliphatic carbocycles. The Morgan fingerprint density at radius 2 is 1.94 bits per heavy atom. The van der Waals surface area contributed by atoms with Gasteiger partial charge in [-0.2, -0.15) is 0 Å². The van der Waals surface area contributed by atoms with Crippen LogP contribution in [-0.4, -0.2) is 19.8 Å². The average molecular weight is 233 g/mol. The number of hydrogen-bond acceptors (Lipinski definition) is 2. The Bertz CT molecular complexity index is 306. The Morgan fingerprint density at radius 3 is 2.59 bits per heavy atom. The van der Waals surface area contributed by atoms with Gasteiger partial charge < -0.3 is 10.1 Å². The summed E-state index contributed by atoms with van der Waals surface area (Å²) in [6.45, 7) is 5.10. The summed E-state index contributed by atoms with van der Waals surface area (Å²) in [5.41, 5.74) is 1.42. The first kappa shape index (κ1) is 12.6. The zero-order chi connectivity index (χ0) is 11.9. The zero-order valence-electron chi connectivity index (χ0n) is 10.7. The Labute approximate surface area is 104 Å². The number of benzene rings is 1. The van der Waals surface area contributed by atoms with E-state index >= 15 is 0 Å². The van der Waals surface area contributed by atoms with E-state index in [9.17, 15) is 0 Å². The molecule has 0 saturated carbocycles. The van der Waals surface area contributed by atoms with Crippen molar-refractivity contribution in [3.05, 3.63) is 35.9 Å². The zero-order valence-corrected chi connectivity index (χ0v) is 10.7. The lowest BCUT2D eigenvalue weighted by Crippen LogP contribution is -2.26. The van der Waals surface area contributed by atoms with Gasteiger partial charge in [0.25, 0.3) is 0 Å². The van der Waals surface area contributed by atoms with E-state index in [4.69, 9.17) is 4.74 Å². The molecule has 2 nitrogen and oxygen atoms in total. The van der Waals surface area contributed by atoms with Crippen LogP contribution in [0.25, 0.3) is 0 Å². The molecule has 1 aromatic rings. The van der Waals surface area contributed by atoms with Crippen LogP contribution in [0.5, 0.6) is 0 Å². The lowest BCUT2D eigenvalue weighted by atomic mass is 9.89. The largest absolute Gasteiger partial charge is 0.381 e. The topological polar surface area (TPSA) is 21.3 Å². The highest BCUT2D eigenvalue weighted by Gasteiger charge is 2.19. The van der Waals surface area contributed by atoms with E-state index in [0.29, 0.717) is 6.04 Å². The van der Waals surface area contributed by atoms with Crippen LogP contribution in [0.4, 0.5) is 0 Å². The van der Waals surface area contributed by atoms with Gasteiger partial charge in [0.05, 0.1) is 0 Å². The summed E-state index contributed by atoms with van der Waals surface area (Å²) >= 11 is 0. The van der Waals surface area contributed by atoms with E-state index in [0.717, 1.165) is 25.7 Å². The van der Waals surface area contributed by atoms with Crippen molar-refractivity contribution in [1.82, 2.24) is 5.32 Å². The molecule has 17 heavy (non-hydrogen) atoms. The van der Waals surface area contributed by atoms with Gasteiger partial charge in [0.2, 0.25) is 0 Å².